The van der Waals surface area contributed by atoms with Crippen LogP contribution >= 0.6 is 0 Å². The number of esters is 1. The Balaban J connectivity index is 1.38. The molecule has 1 aromatic carbocycles. The first-order chi connectivity index (χ1) is 14.2. The van der Waals surface area contributed by atoms with Crippen molar-refractivity contribution in [2.24, 2.45) is 5.41 Å². The summed E-state index contributed by atoms with van der Waals surface area (Å²) in [4.78, 5) is 31.7. The molecule has 29 heavy (non-hydrogen) atoms. The molecule has 1 saturated carbocycles. The van der Waals surface area contributed by atoms with Gasteiger partial charge in [-0.25, -0.2) is 4.98 Å². The zero-order chi connectivity index (χ0) is 20.1. The van der Waals surface area contributed by atoms with E-state index in [-0.39, 0.29) is 24.9 Å². The maximum atomic E-state index is 12.9. The second-order valence-corrected chi connectivity index (χ2v) is 7.72. The number of ether oxygens (including phenoxy) is 2. The lowest BCUT2D eigenvalue weighted by molar-refractivity contribution is -0.161. The molecule has 1 aromatic heterocycles. The molecule has 2 fully saturated rings. The summed E-state index contributed by atoms with van der Waals surface area (Å²) in [6.45, 7) is 2.25. The molecule has 2 heterocycles. The normalized spacial score (nSPS) is 18.6. The Morgan fingerprint density at radius 3 is 2.55 bits per heavy atom. The van der Waals surface area contributed by atoms with Crippen LogP contribution in [0.5, 0.6) is 0 Å². The van der Waals surface area contributed by atoms with Gasteiger partial charge in [-0.3, -0.25) is 9.59 Å². The molecule has 1 aliphatic carbocycles. The van der Waals surface area contributed by atoms with Gasteiger partial charge < -0.3 is 18.8 Å². The molecule has 1 amide bonds. The van der Waals surface area contributed by atoms with E-state index in [9.17, 15) is 9.59 Å². The smallest absolute Gasteiger partial charge is 0.313 e. The standard InChI is InChI=1S/C22H26N2O5/c25-20(24-10-12-27-13-11-24)14-22(8-4-5-9-22)21(26)28-16-19-23-15-18(29-19)17-6-2-1-3-7-17/h1-3,6-7,15H,4-5,8-14,16H2. The Morgan fingerprint density at radius 2 is 1.83 bits per heavy atom. The highest BCUT2D eigenvalue weighted by atomic mass is 16.5. The van der Waals surface area contributed by atoms with Crippen molar-refractivity contribution in [3.05, 3.63) is 42.4 Å². The Hall–Kier alpha value is -2.67. The molecule has 2 aromatic rings. The molecular formula is C22H26N2O5. The molecule has 0 radical (unpaired) electrons. The second kappa shape index (κ2) is 8.78. The maximum absolute atomic E-state index is 12.9. The summed E-state index contributed by atoms with van der Waals surface area (Å²) in [5, 5.41) is 0. The molecule has 154 valence electrons. The highest BCUT2D eigenvalue weighted by molar-refractivity contribution is 5.86. The number of benzene rings is 1. The van der Waals surface area contributed by atoms with Crippen molar-refractivity contribution < 1.29 is 23.5 Å². The molecule has 7 heteroatoms. The number of aromatic nitrogens is 1. The lowest BCUT2D eigenvalue weighted by Crippen LogP contribution is -2.44. The van der Waals surface area contributed by atoms with Gasteiger partial charge >= 0.3 is 5.97 Å². The SMILES string of the molecule is O=C(CC1(C(=O)OCc2ncc(-c3ccccc3)o2)CCCC1)N1CCOCC1. The predicted molar refractivity (Wildman–Crippen MR) is 105 cm³/mol. The third kappa shape index (κ3) is 4.50. The first-order valence-electron chi connectivity index (χ1n) is 10.2. The summed E-state index contributed by atoms with van der Waals surface area (Å²) in [6.07, 6.45) is 5.06. The van der Waals surface area contributed by atoms with Gasteiger partial charge in [0, 0.05) is 25.1 Å². The van der Waals surface area contributed by atoms with Crippen LogP contribution in [0.2, 0.25) is 0 Å². The molecule has 0 atom stereocenters. The Morgan fingerprint density at radius 1 is 1.10 bits per heavy atom. The molecule has 2 aliphatic rings. The van der Waals surface area contributed by atoms with Gasteiger partial charge in [0.2, 0.25) is 11.8 Å². The van der Waals surface area contributed by atoms with E-state index >= 15 is 0 Å². The van der Waals surface area contributed by atoms with Crippen LogP contribution in [0, 0.1) is 5.41 Å². The number of morpholine rings is 1. The molecule has 0 bridgehead atoms. The molecule has 1 aliphatic heterocycles. The van der Waals surface area contributed by atoms with E-state index in [0.29, 0.717) is 50.8 Å². The van der Waals surface area contributed by atoms with Crippen molar-refractivity contribution in [1.29, 1.82) is 0 Å². The quantitative estimate of drug-likeness (QED) is 0.695. The minimum absolute atomic E-state index is 0.00892. The Bertz CT molecular complexity index is 836. The minimum atomic E-state index is -0.732. The van der Waals surface area contributed by atoms with Gasteiger partial charge in [0.25, 0.3) is 0 Å². The zero-order valence-electron chi connectivity index (χ0n) is 16.5. The summed E-state index contributed by atoms with van der Waals surface area (Å²) in [5.74, 6) is 0.672. The fraction of sp³-hybridized carbons (Fsp3) is 0.500. The van der Waals surface area contributed by atoms with Crippen LogP contribution in [-0.4, -0.2) is 48.1 Å². The number of hydrogen-bond acceptors (Lipinski definition) is 6. The summed E-state index contributed by atoms with van der Waals surface area (Å²) < 4.78 is 16.6. The number of oxazole rings is 1. The van der Waals surface area contributed by atoms with Crippen molar-refractivity contribution in [3.63, 3.8) is 0 Å². The summed E-state index contributed by atoms with van der Waals surface area (Å²) in [7, 11) is 0. The lowest BCUT2D eigenvalue weighted by atomic mass is 9.82. The summed E-state index contributed by atoms with van der Waals surface area (Å²) in [6, 6.07) is 9.64. The average Bonchev–Trinajstić information content (AvgIpc) is 3.44. The van der Waals surface area contributed by atoms with Crippen molar-refractivity contribution in [3.8, 4) is 11.3 Å². The van der Waals surface area contributed by atoms with Crippen LogP contribution in [0.15, 0.2) is 40.9 Å². The average molecular weight is 398 g/mol. The first-order valence-corrected chi connectivity index (χ1v) is 10.2. The highest BCUT2D eigenvalue weighted by Crippen LogP contribution is 2.43. The molecule has 4 rings (SSSR count). The maximum Gasteiger partial charge on any atom is 0.313 e. The van der Waals surface area contributed by atoms with Crippen molar-refractivity contribution >= 4 is 11.9 Å². The van der Waals surface area contributed by atoms with E-state index < -0.39 is 5.41 Å². The molecule has 7 nitrogen and oxygen atoms in total. The number of amides is 1. The molecule has 0 unspecified atom stereocenters. The minimum Gasteiger partial charge on any atom is -0.455 e. The van der Waals surface area contributed by atoms with E-state index in [0.717, 1.165) is 18.4 Å². The van der Waals surface area contributed by atoms with Gasteiger partial charge in [0.15, 0.2) is 12.4 Å². The fourth-order valence-electron chi connectivity index (χ4n) is 4.11. The van der Waals surface area contributed by atoms with E-state index in [1.165, 1.54) is 0 Å². The van der Waals surface area contributed by atoms with Crippen LogP contribution in [-0.2, 0) is 25.7 Å². The number of hydrogen-bond donors (Lipinski definition) is 0. The van der Waals surface area contributed by atoms with Gasteiger partial charge in [-0.15, -0.1) is 0 Å². The fourth-order valence-corrected chi connectivity index (χ4v) is 4.11. The number of carbonyl (C=O) groups is 2. The molecule has 1 saturated heterocycles. The number of carbonyl (C=O) groups excluding carboxylic acids is 2. The van der Waals surface area contributed by atoms with Gasteiger partial charge in [-0.05, 0) is 12.8 Å². The van der Waals surface area contributed by atoms with Crippen LogP contribution in [0.1, 0.15) is 38.0 Å². The topological polar surface area (TPSA) is 81.9 Å². The van der Waals surface area contributed by atoms with E-state index in [4.69, 9.17) is 13.9 Å². The summed E-state index contributed by atoms with van der Waals surface area (Å²) >= 11 is 0. The molecular weight excluding hydrogens is 372 g/mol. The zero-order valence-corrected chi connectivity index (χ0v) is 16.5. The van der Waals surface area contributed by atoms with E-state index in [2.05, 4.69) is 4.98 Å². The van der Waals surface area contributed by atoms with Crippen molar-refractivity contribution in [1.82, 2.24) is 9.88 Å². The lowest BCUT2D eigenvalue weighted by Gasteiger charge is -2.31. The first kappa shape index (κ1) is 19.6. The van der Waals surface area contributed by atoms with E-state index in [1.807, 2.05) is 30.3 Å². The third-order valence-electron chi connectivity index (χ3n) is 5.79. The molecule has 0 N–H and O–H groups in total. The van der Waals surface area contributed by atoms with Crippen LogP contribution < -0.4 is 0 Å². The number of nitrogens with zero attached hydrogens (tertiary/aromatic N) is 2. The van der Waals surface area contributed by atoms with Gasteiger partial charge in [0.05, 0.1) is 24.8 Å². The predicted octanol–water partition coefficient (Wildman–Crippen LogP) is 3.19. The third-order valence-corrected chi connectivity index (χ3v) is 5.79. The Kier molecular flexibility index (Phi) is 5.94. The van der Waals surface area contributed by atoms with Crippen molar-refractivity contribution in [2.45, 2.75) is 38.7 Å². The van der Waals surface area contributed by atoms with Crippen LogP contribution in [0.25, 0.3) is 11.3 Å². The van der Waals surface area contributed by atoms with E-state index in [1.54, 1.807) is 11.1 Å². The van der Waals surface area contributed by atoms with Gasteiger partial charge in [-0.1, -0.05) is 43.2 Å². The van der Waals surface area contributed by atoms with Crippen LogP contribution in [0.3, 0.4) is 0 Å². The highest BCUT2D eigenvalue weighted by Gasteiger charge is 2.45. The van der Waals surface area contributed by atoms with Gasteiger partial charge in [-0.2, -0.15) is 0 Å². The molecule has 0 spiro atoms. The van der Waals surface area contributed by atoms with Gasteiger partial charge in [0.1, 0.15) is 0 Å². The summed E-state index contributed by atoms with van der Waals surface area (Å²) in [5.41, 5.74) is 0.186. The number of rotatable bonds is 6. The van der Waals surface area contributed by atoms with Crippen molar-refractivity contribution in [2.75, 3.05) is 26.3 Å². The van der Waals surface area contributed by atoms with Crippen LogP contribution in [0.4, 0.5) is 0 Å². The Labute approximate surface area is 170 Å². The monoisotopic (exact) mass is 398 g/mol. The second-order valence-electron chi connectivity index (χ2n) is 7.72. The largest absolute Gasteiger partial charge is 0.455 e.